The van der Waals surface area contributed by atoms with Crippen LogP contribution in [0.15, 0.2) is 53.5 Å². The van der Waals surface area contributed by atoms with E-state index < -0.39 is 0 Å². The van der Waals surface area contributed by atoms with Crippen molar-refractivity contribution in [3.05, 3.63) is 69.6 Å². The Morgan fingerprint density at radius 3 is 2.67 bits per heavy atom. The van der Waals surface area contributed by atoms with Gasteiger partial charge in [0.05, 0.1) is 15.8 Å². The minimum atomic E-state index is 0.726. The minimum absolute atomic E-state index is 0.726. The van der Waals surface area contributed by atoms with Gasteiger partial charge in [0.25, 0.3) is 0 Å². The fourth-order valence-electron chi connectivity index (χ4n) is 3.55. The first-order chi connectivity index (χ1) is 13.3. The van der Waals surface area contributed by atoms with Crippen LogP contribution in [0.2, 0.25) is 5.02 Å². The molecule has 0 fully saturated rings. The molecule has 0 radical (unpaired) electrons. The number of aliphatic imine (C=N–C) groups is 1. The van der Waals surface area contributed by atoms with Gasteiger partial charge in [0.2, 0.25) is 0 Å². The van der Waals surface area contributed by atoms with Crippen molar-refractivity contribution in [3.63, 3.8) is 0 Å². The van der Waals surface area contributed by atoms with Crippen molar-refractivity contribution in [3.8, 4) is 10.6 Å². The molecular weight excluding hydrogens is 392 g/mol. The molecule has 1 aliphatic rings. The van der Waals surface area contributed by atoms with Crippen LogP contribution in [0.1, 0.15) is 28.8 Å². The molecule has 1 aliphatic carbocycles. The maximum absolute atomic E-state index is 6.30. The lowest BCUT2D eigenvalue weighted by atomic mass is 9.96. The van der Waals surface area contributed by atoms with E-state index in [9.17, 15) is 0 Å². The molecule has 2 nitrogen and oxygen atoms in total. The molecule has 27 heavy (non-hydrogen) atoms. The van der Waals surface area contributed by atoms with E-state index in [1.807, 2.05) is 47.9 Å². The summed E-state index contributed by atoms with van der Waals surface area (Å²) < 4.78 is 1.23. The fourth-order valence-corrected chi connectivity index (χ4v) is 6.07. The van der Waals surface area contributed by atoms with Gasteiger partial charge in [-0.3, -0.25) is 0 Å². The van der Waals surface area contributed by atoms with Gasteiger partial charge < -0.3 is 0 Å². The van der Waals surface area contributed by atoms with Crippen LogP contribution in [0, 0.1) is 0 Å². The maximum atomic E-state index is 6.30. The minimum Gasteiger partial charge on any atom is -0.245 e. The molecule has 2 aromatic carbocycles. The molecule has 0 N–H and O–H groups in total. The van der Waals surface area contributed by atoms with Gasteiger partial charge in [-0.05, 0) is 49.4 Å². The molecule has 5 rings (SSSR count). The van der Waals surface area contributed by atoms with Gasteiger partial charge in [-0.25, -0.2) is 9.98 Å². The predicted molar refractivity (Wildman–Crippen MR) is 118 cm³/mol. The number of aryl methyl sites for hydroxylation is 1. The first-order valence-electron chi connectivity index (χ1n) is 9.08. The third-order valence-corrected chi connectivity index (χ3v) is 7.48. The van der Waals surface area contributed by atoms with Crippen LogP contribution in [0.5, 0.6) is 0 Å². The number of nitrogens with zero attached hydrogens (tertiary/aromatic N) is 2. The lowest BCUT2D eigenvalue weighted by Gasteiger charge is -2.11. The number of aromatic nitrogens is 1. The summed E-state index contributed by atoms with van der Waals surface area (Å²) >= 11 is 9.88. The summed E-state index contributed by atoms with van der Waals surface area (Å²) in [5.74, 6) is 0. The van der Waals surface area contributed by atoms with E-state index in [1.54, 1.807) is 11.3 Å². The van der Waals surface area contributed by atoms with Crippen LogP contribution < -0.4 is 0 Å². The van der Waals surface area contributed by atoms with Crippen molar-refractivity contribution < 1.29 is 0 Å². The van der Waals surface area contributed by atoms with E-state index in [1.165, 1.54) is 33.5 Å². The molecule has 2 aromatic heterocycles. The van der Waals surface area contributed by atoms with Gasteiger partial charge in [0.1, 0.15) is 10.0 Å². The van der Waals surface area contributed by atoms with Crippen LogP contribution >= 0.6 is 34.3 Å². The zero-order chi connectivity index (χ0) is 18.2. The van der Waals surface area contributed by atoms with E-state index in [0.29, 0.717) is 0 Å². The predicted octanol–water partition coefficient (Wildman–Crippen LogP) is 7.31. The van der Waals surface area contributed by atoms with Gasteiger partial charge in [0, 0.05) is 21.7 Å². The van der Waals surface area contributed by atoms with Crippen LogP contribution in [0.4, 0.5) is 5.00 Å². The van der Waals surface area contributed by atoms with Crippen LogP contribution in [0.3, 0.4) is 0 Å². The van der Waals surface area contributed by atoms with Crippen LogP contribution in [-0.4, -0.2) is 11.2 Å². The summed E-state index contributed by atoms with van der Waals surface area (Å²) in [5.41, 5.74) is 4.70. The molecule has 5 heteroatoms. The lowest BCUT2D eigenvalue weighted by Crippen LogP contribution is -1.99. The number of thiazole rings is 1. The molecule has 0 spiro atoms. The number of rotatable bonds is 3. The van der Waals surface area contributed by atoms with E-state index >= 15 is 0 Å². The molecule has 134 valence electrons. The Hall–Kier alpha value is -2.01. The Morgan fingerprint density at radius 2 is 1.78 bits per heavy atom. The third-order valence-electron chi connectivity index (χ3n) is 4.89. The Morgan fingerprint density at radius 1 is 0.963 bits per heavy atom. The number of benzene rings is 2. The molecule has 0 aliphatic heterocycles. The second-order valence-electron chi connectivity index (χ2n) is 6.66. The quantitative estimate of drug-likeness (QED) is 0.326. The Bertz CT molecular complexity index is 1120. The SMILES string of the molecule is Clc1ccccc1C=Nc1sc2c(c1-c1nc3ccccc3s1)CCCC2. The topological polar surface area (TPSA) is 25.2 Å². The van der Waals surface area contributed by atoms with Crippen molar-refractivity contribution in [2.24, 2.45) is 4.99 Å². The van der Waals surface area contributed by atoms with Crippen LogP contribution in [0.25, 0.3) is 20.8 Å². The van der Waals surface area contributed by atoms with Gasteiger partial charge in [-0.15, -0.1) is 22.7 Å². The number of thiophene rings is 1. The highest BCUT2D eigenvalue weighted by Crippen LogP contribution is 2.47. The Labute approximate surface area is 171 Å². The molecule has 0 saturated carbocycles. The molecule has 0 atom stereocenters. The van der Waals surface area contributed by atoms with Crippen molar-refractivity contribution in [2.45, 2.75) is 25.7 Å². The average molecular weight is 409 g/mol. The second-order valence-corrected chi connectivity index (χ2v) is 9.18. The van der Waals surface area contributed by atoms with E-state index in [4.69, 9.17) is 21.6 Å². The third kappa shape index (κ3) is 3.22. The molecule has 0 bridgehead atoms. The number of hydrogen-bond acceptors (Lipinski definition) is 4. The lowest BCUT2D eigenvalue weighted by molar-refractivity contribution is 0.698. The smallest absolute Gasteiger partial charge is 0.127 e. The summed E-state index contributed by atoms with van der Waals surface area (Å²) in [4.78, 5) is 11.3. The molecule has 0 saturated heterocycles. The highest BCUT2D eigenvalue weighted by atomic mass is 35.5. The summed E-state index contributed by atoms with van der Waals surface area (Å²) in [6.45, 7) is 0. The van der Waals surface area contributed by atoms with Crippen molar-refractivity contribution in [2.75, 3.05) is 0 Å². The Balaban J connectivity index is 1.65. The van der Waals surface area contributed by atoms with Gasteiger partial charge >= 0.3 is 0 Å². The zero-order valence-corrected chi connectivity index (χ0v) is 17.0. The largest absolute Gasteiger partial charge is 0.245 e. The van der Waals surface area contributed by atoms with E-state index in [0.717, 1.165) is 39.0 Å². The first-order valence-corrected chi connectivity index (χ1v) is 11.1. The fraction of sp³-hybridized carbons (Fsp3) is 0.182. The normalized spacial score (nSPS) is 14.1. The number of fused-ring (bicyclic) bond motifs is 2. The number of para-hydroxylation sites is 1. The zero-order valence-electron chi connectivity index (χ0n) is 14.6. The Kier molecular flexibility index (Phi) is 4.56. The van der Waals surface area contributed by atoms with Gasteiger partial charge in [-0.2, -0.15) is 0 Å². The highest BCUT2D eigenvalue weighted by molar-refractivity contribution is 7.22. The average Bonchev–Trinajstić information content (AvgIpc) is 3.27. The van der Waals surface area contributed by atoms with E-state index in [-0.39, 0.29) is 0 Å². The molecule has 0 amide bonds. The number of halogens is 1. The van der Waals surface area contributed by atoms with Gasteiger partial charge in [0.15, 0.2) is 0 Å². The second kappa shape index (κ2) is 7.19. The molecule has 4 aromatic rings. The summed E-state index contributed by atoms with van der Waals surface area (Å²) in [6, 6.07) is 16.2. The van der Waals surface area contributed by atoms with E-state index in [2.05, 4.69) is 18.2 Å². The van der Waals surface area contributed by atoms with Crippen molar-refractivity contribution >= 4 is 55.7 Å². The molecular formula is C22H17ClN2S2. The highest BCUT2D eigenvalue weighted by Gasteiger charge is 2.23. The standard InChI is InChI=1S/C22H17ClN2S2/c23-16-9-3-1-7-14(16)13-24-21-20(15-8-2-5-11-18(15)26-21)22-25-17-10-4-6-12-19(17)27-22/h1,3-4,6-7,9-10,12-13H,2,5,8,11H2. The monoisotopic (exact) mass is 408 g/mol. The van der Waals surface area contributed by atoms with Gasteiger partial charge in [-0.1, -0.05) is 41.9 Å². The molecule has 2 heterocycles. The van der Waals surface area contributed by atoms with Crippen molar-refractivity contribution in [1.82, 2.24) is 4.98 Å². The molecule has 0 unspecified atom stereocenters. The summed E-state index contributed by atoms with van der Waals surface area (Å²) in [6.07, 6.45) is 6.67. The summed E-state index contributed by atoms with van der Waals surface area (Å²) in [5, 5.41) is 2.87. The maximum Gasteiger partial charge on any atom is 0.127 e. The van der Waals surface area contributed by atoms with Crippen LogP contribution in [-0.2, 0) is 12.8 Å². The van der Waals surface area contributed by atoms with Crippen molar-refractivity contribution in [1.29, 1.82) is 0 Å². The summed E-state index contributed by atoms with van der Waals surface area (Å²) in [7, 11) is 0. The first kappa shape index (κ1) is 17.1. The number of hydrogen-bond donors (Lipinski definition) is 0.